The van der Waals surface area contributed by atoms with Crippen molar-refractivity contribution in [2.75, 3.05) is 7.05 Å². The first-order valence-corrected chi connectivity index (χ1v) is 3.38. The highest BCUT2D eigenvalue weighted by molar-refractivity contribution is 5.25. The van der Waals surface area contributed by atoms with Gasteiger partial charge in [0.1, 0.15) is 5.83 Å². The van der Waals surface area contributed by atoms with Crippen LogP contribution < -0.4 is 0 Å². The molecule has 1 aliphatic heterocycles. The molecule has 1 unspecified atom stereocenters. The van der Waals surface area contributed by atoms with Crippen molar-refractivity contribution in [2.45, 2.75) is 19.9 Å². The largest absolute Gasteiger partial charge is 0.371 e. The molecule has 56 valence electrons. The van der Waals surface area contributed by atoms with E-state index in [0.29, 0.717) is 0 Å². The average Bonchev–Trinajstić information content (AvgIpc) is 1.82. The molecule has 0 spiro atoms. The highest BCUT2D eigenvalue weighted by Gasteiger charge is 2.15. The molecule has 0 radical (unpaired) electrons. The Morgan fingerprint density at radius 1 is 1.60 bits per heavy atom. The van der Waals surface area contributed by atoms with Crippen LogP contribution >= 0.6 is 0 Å². The second kappa shape index (κ2) is 2.45. The van der Waals surface area contributed by atoms with E-state index in [4.69, 9.17) is 0 Å². The first-order chi connectivity index (χ1) is 4.61. The minimum Gasteiger partial charge on any atom is -0.371 e. The molecular weight excluding hydrogens is 129 g/mol. The van der Waals surface area contributed by atoms with Gasteiger partial charge in [-0.15, -0.1) is 0 Å². The predicted molar refractivity (Wildman–Crippen MR) is 40.2 cm³/mol. The van der Waals surface area contributed by atoms with Crippen LogP contribution in [0.1, 0.15) is 13.8 Å². The smallest absolute Gasteiger partial charge is 0.122 e. The van der Waals surface area contributed by atoms with E-state index in [1.54, 1.807) is 6.08 Å². The first kappa shape index (κ1) is 7.32. The van der Waals surface area contributed by atoms with E-state index >= 15 is 0 Å². The molecule has 1 atom stereocenters. The van der Waals surface area contributed by atoms with Crippen molar-refractivity contribution in [1.82, 2.24) is 4.90 Å². The standard InChI is InChI=1S/C8H12FN/c1-6-4-8(9)7(2)10(3)5-6/h4-5,7H,1-3H3. The van der Waals surface area contributed by atoms with Crippen molar-refractivity contribution in [3.63, 3.8) is 0 Å². The second-order valence-electron chi connectivity index (χ2n) is 2.74. The molecule has 1 heterocycles. The lowest BCUT2D eigenvalue weighted by Gasteiger charge is -2.25. The molecule has 1 aliphatic rings. The van der Waals surface area contributed by atoms with E-state index in [-0.39, 0.29) is 11.9 Å². The fraction of sp³-hybridized carbons (Fsp3) is 0.500. The molecule has 0 aromatic rings. The van der Waals surface area contributed by atoms with E-state index in [9.17, 15) is 4.39 Å². The SMILES string of the molecule is CC1=CN(C)C(C)C(F)=C1. The Bertz CT molecular complexity index is 193. The topological polar surface area (TPSA) is 3.24 Å². The Labute approximate surface area is 60.8 Å². The van der Waals surface area contributed by atoms with Crippen molar-refractivity contribution in [3.8, 4) is 0 Å². The van der Waals surface area contributed by atoms with Gasteiger partial charge in [0.2, 0.25) is 0 Å². The summed E-state index contributed by atoms with van der Waals surface area (Å²) >= 11 is 0. The van der Waals surface area contributed by atoms with E-state index in [1.807, 2.05) is 32.0 Å². The Morgan fingerprint density at radius 3 is 2.70 bits per heavy atom. The zero-order valence-corrected chi connectivity index (χ0v) is 6.56. The Balaban J connectivity index is 2.85. The number of rotatable bonds is 0. The highest BCUT2D eigenvalue weighted by Crippen LogP contribution is 2.18. The van der Waals surface area contributed by atoms with Gasteiger partial charge in [0.25, 0.3) is 0 Å². The molecular formula is C8H12FN. The van der Waals surface area contributed by atoms with Crippen LogP contribution in [0.5, 0.6) is 0 Å². The fourth-order valence-electron chi connectivity index (χ4n) is 1.00. The quantitative estimate of drug-likeness (QED) is 0.499. The van der Waals surface area contributed by atoms with Gasteiger partial charge in [-0.3, -0.25) is 0 Å². The normalized spacial score (nSPS) is 26.0. The minimum absolute atomic E-state index is 0.0532. The van der Waals surface area contributed by atoms with Crippen molar-refractivity contribution >= 4 is 0 Å². The van der Waals surface area contributed by atoms with Crippen LogP contribution in [0, 0.1) is 0 Å². The van der Waals surface area contributed by atoms with Gasteiger partial charge in [0, 0.05) is 13.2 Å². The van der Waals surface area contributed by atoms with Crippen molar-refractivity contribution < 1.29 is 4.39 Å². The lowest BCUT2D eigenvalue weighted by molar-refractivity contribution is 0.333. The molecule has 0 saturated heterocycles. The molecule has 0 aromatic heterocycles. The van der Waals surface area contributed by atoms with E-state index < -0.39 is 0 Å². The minimum atomic E-state index is -0.0938. The van der Waals surface area contributed by atoms with Gasteiger partial charge in [-0.05, 0) is 25.5 Å². The number of likely N-dealkylation sites (N-methyl/N-ethyl adjacent to an activating group) is 1. The van der Waals surface area contributed by atoms with Crippen molar-refractivity contribution in [3.05, 3.63) is 23.7 Å². The summed E-state index contributed by atoms with van der Waals surface area (Å²) in [4.78, 5) is 1.87. The molecule has 0 fully saturated rings. The van der Waals surface area contributed by atoms with Gasteiger partial charge in [-0.1, -0.05) is 0 Å². The summed E-state index contributed by atoms with van der Waals surface area (Å²) in [5.41, 5.74) is 0.970. The molecule has 1 nitrogen and oxygen atoms in total. The zero-order chi connectivity index (χ0) is 7.72. The van der Waals surface area contributed by atoms with Gasteiger partial charge in [-0.25, -0.2) is 4.39 Å². The Hall–Kier alpha value is -0.790. The maximum Gasteiger partial charge on any atom is 0.122 e. The lowest BCUT2D eigenvalue weighted by atomic mass is 10.1. The molecule has 0 aliphatic carbocycles. The average molecular weight is 141 g/mol. The predicted octanol–water partition coefficient (Wildman–Crippen LogP) is 2.08. The molecule has 0 saturated carbocycles. The van der Waals surface area contributed by atoms with Crippen LogP contribution in [0.15, 0.2) is 23.7 Å². The summed E-state index contributed by atoms with van der Waals surface area (Å²) in [6.07, 6.45) is 3.51. The van der Waals surface area contributed by atoms with Crippen LogP contribution in [0.3, 0.4) is 0 Å². The zero-order valence-electron chi connectivity index (χ0n) is 6.56. The Kier molecular flexibility index (Phi) is 1.79. The Morgan fingerprint density at radius 2 is 2.20 bits per heavy atom. The van der Waals surface area contributed by atoms with Gasteiger partial charge >= 0.3 is 0 Å². The third-order valence-corrected chi connectivity index (χ3v) is 1.78. The van der Waals surface area contributed by atoms with Crippen molar-refractivity contribution in [2.24, 2.45) is 0 Å². The molecule has 2 heteroatoms. The van der Waals surface area contributed by atoms with Crippen LogP contribution in [-0.2, 0) is 0 Å². The van der Waals surface area contributed by atoms with Gasteiger partial charge in [0.05, 0.1) is 6.04 Å². The van der Waals surface area contributed by atoms with Crippen LogP contribution in [0.2, 0.25) is 0 Å². The highest BCUT2D eigenvalue weighted by atomic mass is 19.1. The van der Waals surface area contributed by atoms with E-state index in [0.717, 1.165) is 5.57 Å². The number of nitrogens with zero attached hydrogens (tertiary/aromatic N) is 1. The third kappa shape index (κ3) is 1.20. The van der Waals surface area contributed by atoms with Crippen molar-refractivity contribution in [1.29, 1.82) is 0 Å². The maximum atomic E-state index is 12.9. The molecule has 0 bridgehead atoms. The molecule has 0 amide bonds. The summed E-state index contributed by atoms with van der Waals surface area (Å²) in [5.74, 6) is -0.0532. The molecule has 1 rings (SSSR count). The maximum absolute atomic E-state index is 12.9. The first-order valence-electron chi connectivity index (χ1n) is 3.38. The van der Waals surface area contributed by atoms with Crippen LogP contribution in [-0.4, -0.2) is 18.0 Å². The molecule has 10 heavy (non-hydrogen) atoms. The van der Waals surface area contributed by atoms with Crippen LogP contribution in [0.25, 0.3) is 0 Å². The summed E-state index contributed by atoms with van der Waals surface area (Å²) in [5, 5.41) is 0. The summed E-state index contributed by atoms with van der Waals surface area (Å²) < 4.78 is 12.9. The monoisotopic (exact) mass is 141 g/mol. The summed E-state index contributed by atoms with van der Waals surface area (Å²) in [7, 11) is 1.88. The van der Waals surface area contributed by atoms with Gasteiger partial charge in [-0.2, -0.15) is 0 Å². The molecule has 0 N–H and O–H groups in total. The lowest BCUT2D eigenvalue weighted by Crippen LogP contribution is -2.27. The third-order valence-electron chi connectivity index (χ3n) is 1.78. The number of halogens is 1. The van der Waals surface area contributed by atoms with Crippen LogP contribution in [0.4, 0.5) is 4.39 Å². The van der Waals surface area contributed by atoms with Gasteiger partial charge < -0.3 is 4.90 Å². The number of allylic oxidation sites excluding steroid dienone is 2. The summed E-state index contributed by atoms with van der Waals surface area (Å²) in [6.45, 7) is 3.73. The van der Waals surface area contributed by atoms with E-state index in [2.05, 4.69) is 0 Å². The second-order valence-corrected chi connectivity index (χ2v) is 2.74. The fourth-order valence-corrected chi connectivity index (χ4v) is 1.00. The molecule has 0 aromatic carbocycles. The summed E-state index contributed by atoms with van der Waals surface area (Å²) in [6, 6.07) is -0.0938. The number of hydrogen-bond acceptors (Lipinski definition) is 1. The van der Waals surface area contributed by atoms with Gasteiger partial charge in [0.15, 0.2) is 0 Å². The number of hydrogen-bond donors (Lipinski definition) is 0. The van der Waals surface area contributed by atoms with E-state index in [1.165, 1.54) is 0 Å².